The molecule has 0 atom stereocenters. The van der Waals surface area contributed by atoms with Crippen LogP contribution in [0, 0.1) is 5.92 Å². The Kier molecular flexibility index (Phi) is 5.01. The minimum Gasteiger partial charge on any atom is -0.328 e. The van der Waals surface area contributed by atoms with Crippen LogP contribution in [0.3, 0.4) is 0 Å². The van der Waals surface area contributed by atoms with E-state index in [0.29, 0.717) is 6.04 Å². The molecule has 17 heavy (non-hydrogen) atoms. The number of thiophene rings is 1. The van der Waals surface area contributed by atoms with Gasteiger partial charge in [0.25, 0.3) is 0 Å². The van der Waals surface area contributed by atoms with Gasteiger partial charge in [0.15, 0.2) is 0 Å². The predicted octanol–water partition coefficient (Wildman–Crippen LogP) is 3.09. The predicted molar refractivity (Wildman–Crippen MR) is 75.2 cm³/mol. The smallest absolute Gasteiger partial charge is 0.0327 e. The number of nitrogens with zero attached hydrogens (tertiary/aromatic N) is 1. The highest BCUT2D eigenvalue weighted by Gasteiger charge is 2.20. The molecule has 1 saturated carbocycles. The number of hydrogen-bond donors (Lipinski definition) is 1. The molecule has 0 saturated heterocycles. The Morgan fingerprint density at radius 3 is 2.71 bits per heavy atom. The lowest BCUT2D eigenvalue weighted by molar-refractivity contribution is 0.196. The fraction of sp³-hybridized carbons (Fsp3) is 0.714. The first-order valence-corrected chi connectivity index (χ1v) is 7.66. The Hall–Kier alpha value is -0.380. The van der Waals surface area contributed by atoms with Gasteiger partial charge in [0.05, 0.1) is 0 Å². The highest BCUT2D eigenvalue weighted by atomic mass is 32.1. The number of hydrogen-bond acceptors (Lipinski definition) is 3. The van der Waals surface area contributed by atoms with Crippen molar-refractivity contribution in [2.45, 2.75) is 45.2 Å². The molecular formula is C14H24N2S. The number of nitrogens with two attached hydrogens (primary N) is 1. The van der Waals surface area contributed by atoms with Crippen molar-refractivity contribution in [1.82, 2.24) is 4.90 Å². The molecule has 3 heteroatoms. The van der Waals surface area contributed by atoms with Crippen LogP contribution in [0.2, 0.25) is 0 Å². The first kappa shape index (κ1) is 13.1. The van der Waals surface area contributed by atoms with E-state index < -0.39 is 0 Å². The van der Waals surface area contributed by atoms with Crippen LogP contribution in [0.4, 0.5) is 0 Å². The van der Waals surface area contributed by atoms with E-state index in [4.69, 9.17) is 5.73 Å². The maximum atomic E-state index is 5.96. The van der Waals surface area contributed by atoms with E-state index in [-0.39, 0.29) is 0 Å². The molecule has 0 unspecified atom stereocenters. The second-order valence-electron chi connectivity index (χ2n) is 5.19. The van der Waals surface area contributed by atoms with Crippen LogP contribution in [0.1, 0.15) is 37.5 Å². The maximum absolute atomic E-state index is 5.96. The molecule has 0 amide bonds. The first-order valence-electron chi connectivity index (χ1n) is 6.78. The van der Waals surface area contributed by atoms with Crippen molar-refractivity contribution in [3.63, 3.8) is 0 Å². The van der Waals surface area contributed by atoms with Gasteiger partial charge in [-0.3, -0.25) is 4.90 Å². The van der Waals surface area contributed by atoms with Crippen molar-refractivity contribution in [2.24, 2.45) is 11.7 Å². The van der Waals surface area contributed by atoms with E-state index in [1.54, 1.807) is 0 Å². The zero-order chi connectivity index (χ0) is 12.1. The minimum absolute atomic E-state index is 0.471. The topological polar surface area (TPSA) is 29.3 Å². The van der Waals surface area contributed by atoms with E-state index in [0.717, 1.165) is 19.0 Å². The van der Waals surface area contributed by atoms with Crippen LogP contribution < -0.4 is 5.73 Å². The van der Waals surface area contributed by atoms with Crippen molar-refractivity contribution in [2.75, 3.05) is 13.1 Å². The molecule has 2 N–H and O–H groups in total. The van der Waals surface area contributed by atoms with E-state index in [9.17, 15) is 0 Å². The lowest BCUT2D eigenvalue weighted by atomic mass is 9.86. The normalized spacial score (nSPS) is 25.4. The largest absolute Gasteiger partial charge is 0.328 e. The Morgan fingerprint density at radius 1 is 1.35 bits per heavy atom. The van der Waals surface area contributed by atoms with Crippen LogP contribution in [0.5, 0.6) is 0 Å². The molecule has 0 bridgehead atoms. The van der Waals surface area contributed by atoms with Gasteiger partial charge in [-0.25, -0.2) is 0 Å². The lowest BCUT2D eigenvalue weighted by Gasteiger charge is -2.30. The molecule has 2 nitrogen and oxygen atoms in total. The van der Waals surface area contributed by atoms with Crippen molar-refractivity contribution < 1.29 is 0 Å². The molecule has 1 heterocycles. The lowest BCUT2D eigenvalue weighted by Crippen LogP contribution is -2.34. The molecule has 1 aliphatic rings. The summed E-state index contributed by atoms with van der Waals surface area (Å²) in [7, 11) is 0. The van der Waals surface area contributed by atoms with Crippen LogP contribution in [0.15, 0.2) is 17.5 Å². The zero-order valence-corrected chi connectivity index (χ0v) is 11.6. The quantitative estimate of drug-likeness (QED) is 0.872. The number of rotatable bonds is 5. The summed E-state index contributed by atoms with van der Waals surface area (Å²) in [6.45, 7) is 5.79. The summed E-state index contributed by atoms with van der Waals surface area (Å²) in [6.07, 6.45) is 5.09. The monoisotopic (exact) mass is 252 g/mol. The van der Waals surface area contributed by atoms with Crippen LogP contribution >= 0.6 is 11.3 Å². The SMILES string of the molecule is CCN(Cc1cccs1)CC1CCC(N)CC1. The van der Waals surface area contributed by atoms with Gasteiger partial charge in [-0.2, -0.15) is 0 Å². The molecule has 1 fully saturated rings. The highest BCUT2D eigenvalue weighted by Crippen LogP contribution is 2.24. The second-order valence-corrected chi connectivity index (χ2v) is 6.22. The fourth-order valence-corrected chi connectivity index (χ4v) is 3.41. The molecule has 1 aliphatic carbocycles. The van der Waals surface area contributed by atoms with Crippen molar-refractivity contribution >= 4 is 11.3 Å². The third-order valence-electron chi connectivity index (χ3n) is 3.81. The molecule has 1 aromatic rings. The molecule has 1 aromatic heterocycles. The summed E-state index contributed by atoms with van der Waals surface area (Å²) < 4.78 is 0. The molecule has 0 radical (unpaired) electrons. The van der Waals surface area contributed by atoms with E-state index in [1.807, 2.05) is 11.3 Å². The molecule has 2 rings (SSSR count). The fourth-order valence-electron chi connectivity index (χ4n) is 2.66. The molecule has 0 aliphatic heterocycles. The average molecular weight is 252 g/mol. The van der Waals surface area contributed by atoms with Gasteiger partial charge in [0.1, 0.15) is 0 Å². The van der Waals surface area contributed by atoms with Gasteiger partial charge >= 0.3 is 0 Å². The first-order chi connectivity index (χ1) is 8.28. The average Bonchev–Trinajstić information content (AvgIpc) is 2.84. The second kappa shape index (κ2) is 6.53. The van der Waals surface area contributed by atoms with Gasteiger partial charge in [-0.1, -0.05) is 13.0 Å². The van der Waals surface area contributed by atoms with Gasteiger partial charge in [-0.05, 0) is 49.6 Å². The van der Waals surface area contributed by atoms with Gasteiger partial charge in [0, 0.05) is 24.0 Å². The van der Waals surface area contributed by atoms with Crippen LogP contribution in [-0.4, -0.2) is 24.0 Å². The molecular weight excluding hydrogens is 228 g/mol. The zero-order valence-electron chi connectivity index (χ0n) is 10.8. The Bertz CT molecular complexity index is 302. The minimum atomic E-state index is 0.471. The van der Waals surface area contributed by atoms with Crippen LogP contribution in [0.25, 0.3) is 0 Å². The third kappa shape index (κ3) is 4.09. The summed E-state index contributed by atoms with van der Waals surface area (Å²) in [5.74, 6) is 0.870. The Labute approximate surface area is 109 Å². The van der Waals surface area contributed by atoms with Gasteiger partial charge in [-0.15, -0.1) is 11.3 Å². The molecule has 0 spiro atoms. The summed E-state index contributed by atoms with van der Waals surface area (Å²) in [5.41, 5.74) is 5.96. The van der Waals surface area contributed by atoms with Crippen molar-refractivity contribution in [1.29, 1.82) is 0 Å². The summed E-state index contributed by atoms with van der Waals surface area (Å²) >= 11 is 1.87. The standard InChI is InChI=1S/C14H24N2S/c1-2-16(11-14-4-3-9-17-14)10-12-5-7-13(15)8-6-12/h3-4,9,12-13H,2,5-8,10-11,15H2,1H3. The Balaban J connectivity index is 1.79. The van der Waals surface area contributed by atoms with Gasteiger partial charge < -0.3 is 5.73 Å². The molecule has 96 valence electrons. The Morgan fingerprint density at radius 2 is 2.12 bits per heavy atom. The van der Waals surface area contributed by atoms with E-state index >= 15 is 0 Å². The summed E-state index contributed by atoms with van der Waals surface area (Å²) in [4.78, 5) is 4.06. The van der Waals surface area contributed by atoms with Crippen LogP contribution in [-0.2, 0) is 6.54 Å². The third-order valence-corrected chi connectivity index (χ3v) is 4.68. The maximum Gasteiger partial charge on any atom is 0.0327 e. The van der Waals surface area contributed by atoms with E-state index in [1.165, 1.54) is 37.1 Å². The van der Waals surface area contributed by atoms with Gasteiger partial charge in [0.2, 0.25) is 0 Å². The van der Waals surface area contributed by atoms with Crippen molar-refractivity contribution in [3.05, 3.63) is 22.4 Å². The summed E-state index contributed by atoms with van der Waals surface area (Å²) in [5, 5.41) is 2.17. The highest BCUT2D eigenvalue weighted by molar-refractivity contribution is 7.09. The summed E-state index contributed by atoms with van der Waals surface area (Å²) in [6, 6.07) is 4.86. The molecule has 0 aromatic carbocycles. The van der Waals surface area contributed by atoms with E-state index in [2.05, 4.69) is 29.3 Å². The van der Waals surface area contributed by atoms with Crippen molar-refractivity contribution in [3.8, 4) is 0 Å².